The van der Waals surface area contributed by atoms with Gasteiger partial charge in [0.15, 0.2) is 0 Å². The smallest absolute Gasteiger partial charge is 0.259 e. The molecule has 1 aliphatic carbocycles. The van der Waals surface area contributed by atoms with Crippen molar-refractivity contribution in [3.8, 4) is 0 Å². The molecule has 0 spiro atoms. The van der Waals surface area contributed by atoms with Gasteiger partial charge in [-0.15, -0.1) is 0 Å². The second kappa shape index (κ2) is 5.26. The number of benzene rings is 1. The minimum atomic E-state index is -1.26. The first-order valence-electron chi connectivity index (χ1n) is 6.48. The number of hydrogen-bond donors (Lipinski definition) is 0. The summed E-state index contributed by atoms with van der Waals surface area (Å²) in [4.78, 5) is 44.7. The second-order valence-corrected chi connectivity index (χ2v) is 5.04. The third kappa shape index (κ3) is 2.39. The van der Waals surface area contributed by atoms with Gasteiger partial charge < -0.3 is 0 Å². The average Bonchev–Trinajstić information content (AvgIpc) is 2.90. The molecule has 126 valence electrons. The summed E-state index contributed by atoms with van der Waals surface area (Å²) in [5.74, 6) is -1.26. The van der Waals surface area contributed by atoms with Crippen molar-refractivity contribution in [2.75, 3.05) is 0 Å². The summed E-state index contributed by atoms with van der Waals surface area (Å²) in [6.07, 6.45) is 1.66. The first-order chi connectivity index (χ1) is 11.7. The fourth-order valence-corrected chi connectivity index (χ4v) is 2.68. The van der Waals surface area contributed by atoms with Crippen LogP contribution >= 0.6 is 0 Å². The Morgan fingerprint density at radius 2 is 1.52 bits per heavy atom. The van der Waals surface area contributed by atoms with Crippen LogP contribution in [0.4, 0.5) is 17.1 Å². The molecule has 2 aliphatic rings. The van der Waals surface area contributed by atoms with Crippen LogP contribution in [-0.2, 0) is 0 Å². The van der Waals surface area contributed by atoms with Crippen LogP contribution in [0, 0.1) is 40.5 Å². The number of fused-ring (bicyclic) bond motifs is 3. The number of non-ortho nitro benzene ring substituents is 1. The maximum atomic E-state index is 11.3. The van der Waals surface area contributed by atoms with E-state index in [4.69, 9.17) is 0 Å². The molecular formula is C12H5N5O8. The van der Waals surface area contributed by atoms with E-state index in [1.54, 1.807) is 0 Å². The molecular weight excluding hydrogens is 342 g/mol. The molecule has 0 aromatic heterocycles. The zero-order valence-electron chi connectivity index (χ0n) is 11.9. The predicted molar refractivity (Wildman–Crippen MR) is 79.7 cm³/mol. The van der Waals surface area contributed by atoms with Gasteiger partial charge in [-0.05, 0) is 0 Å². The lowest BCUT2D eigenvalue weighted by molar-refractivity contribution is -0.437. The Bertz CT molecular complexity index is 976. The first-order valence-corrected chi connectivity index (χ1v) is 6.48. The van der Waals surface area contributed by atoms with Crippen LogP contribution < -0.4 is 0 Å². The Kier molecular flexibility index (Phi) is 3.33. The van der Waals surface area contributed by atoms with Gasteiger partial charge in [0.25, 0.3) is 17.1 Å². The van der Waals surface area contributed by atoms with Crippen LogP contribution in [-0.4, -0.2) is 25.4 Å². The van der Waals surface area contributed by atoms with Crippen molar-refractivity contribution < 1.29 is 19.7 Å². The third-order valence-corrected chi connectivity index (χ3v) is 3.67. The molecule has 0 saturated heterocycles. The Hall–Kier alpha value is -4.03. The molecule has 1 aliphatic heterocycles. The van der Waals surface area contributed by atoms with Gasteiger partial charge in [0.1, 0.15) is 11.6 Å². The Morgan fingerprint density at radius 3 is 2.04 bits per heavy atom. The molecule has 0 amide bonds. The molecule has 0 N–H and O–H groups in total. The normalized spacial score (nSPS) is 17.6. The van der Waals surface area contributed by atoms with E-state index in [1.807, 2.05) is 0 Å². The predicted octanol–water partition coefficient (Wildman–Crippen LogP) is 2.01. The molecule has 25 heavy (non-hydrogen) atoms. The molecule has 1 unspecified atom stereocenters. The monoisotopic (exact) mass is 347 g/mol. The van der Waals surface area contributed by atoms with Crippen molar-refractivity contribution in [1.82, 2.24) is 0 Å². The van der Waals surface area contributed by atoms with Gasteiger partial charge in [-0.2, -0.15) is 0 Å². The SMILES string of the molecule is O=[N+]([O-])C1=CC2=Nc3c(cc([N+](=O)[O-])cc3[N+](=O)[O-])C2C([N+](=O)[O-])=C1. The van der Waals surface area contributed by atoms with E-state index in [-0.39, 0.29) is 17.0 Å². The molecule has 1 aromatic rings. The van der Waals surface area contributed by atoms with Crippen LogP contribution in [0.2, 0.25) is 0 Å². The standard InChI is InChI=1S/C12H5N5O8/c18-14(19)5-1-7-11-8(13-12(7)10(4-5)17(24)25)2-6(15(20)21)3-9(11)16(22)23/h1-4,11H. The van der Waals surface area contributed by atoms with E-state index < -0.39 is 48.4 Å². The number of hydrogen-bond acceptors (Lipinski definition) is 9. The molecule has 13 nitrogen and oxygen atoms in total. The maximum absolute atomic E-state index is 11.3. The van der Waals surface area contributed by atoms with E-state index >= 15 is 0 Å². The number of aliphatic imine (C=N–C) groups is 1. The Morgan fingerprint density at radius 1 is 0.840 bits per heavy atom. The lowest BCUT2D eigenvalue weighted by Crippen LogP contribution is -2.21. The fourth-order valence-electron chi connectivity index (χ4n) is 2.68. The fraction of sp³-hybridized carbons (Fsp3) is 0.0833. The van der Waals surface area contributed by atoms with E-state index in [9.17, 15) is 40.5 Å². The minimum absolute atomic E-state index is 0.113. The molecule has 0 bridgehead atoms. The zero-order chi connectivity index (χ0) is 18.5. The molecule has 0 fully saturated rings. The summed E-state index contributed by atoms with van der Waals surface area (Å²) in [5.41, 5.74) is -3.13. The van der Waals surface area contributed by atoms with Crippen LogP contribution in [0.3, 0.4) is 0 Å². The maximum Gasteiger partial charge on any atom is 0.302 e. The van der Waals surface area contributed by atoms with Gasteiger partial charge >= 0.3 is 5.69 Å². The molecule has 1 atom stereocenters. The van der Waals surface area contributed by atoms with Crippen molar-refractivity contribution in [2.24, 2.45) is 4.99 Å². The topological polar surface area (TPSA) is 185 Å². The van der Waals surface area contributed by atoms with E-state index in [0.717, 1.165) is 12.1 Å². The van der Waals surface area contributed by atoms with Gasteiger partial charge in [0.05, 0.1) is 37.5 Å². The highest BCUT2D eigenvalue weighted by Gasteiger charge is 2.44. The van der Waals surface area contributed by atoms with Crippen molar-refractivity contribution in [1.29, 1.82) is 0 Å². The molecule has 0 radical (unpaired) electrons. The summed E-state index contributed by atoms with van der Waals surface area (Å²) in [6.45, 7) is 0. The van der Waals surface area contributed by atoms with Gasteiger partial charge in [-0.25, -0.2) is 4.99 Å². The average molecular weight is 347 g/mol. The van der Waals surface area contributed by atoms with Gasteiger partial charge in [0, 0.05) is 17.7 Å². The van der Waals surface area contributed by atoms with Crippen molar-refractivity contribution in [3.63, 3.8) is 0 Å². The zero-order valence-corrected chi connectivity index (χ0v) is 11.9. The highest BCUT2D eigenvalue weighted by Crippen LogP contribution is 2.48. The highest BCUT2D eigenvalue weighted by atomic mass is 16.6. The summed E-state index contributed by atoms with van der Waals surface area (Å²) in [7, 11) is 0. The van der Waals surface area contributed by atoms with Crippen molar-refractivity contribution in [2.45, 2.75) is 5.92 Å². The first kappa shape index (κ1) is 15.9. The van der Waals surface area contributed by atoms with Crippen LogP contribution in [0.1, 0.15) is 11.5 Å². The highest BCUT2D eigenvalue weighted by molar-refractivity contribution is 6.10. The molecule has 13 heteroatoms. The van der Waals surface area contributed by atoms with E-state index in [1.165, 1.54) is 0 Å². The lowest BCUT2D eigenvalue weighted by atomic mass is 9.88. The number of nitro groups is 4. The Balaban J connectivity index is 2.30. The van der Waals surface area contributed by atoms with E-state index in [0.29, 0.717) is 12.1 Å². The number of rotatable bonds is 4. The van der Waals surface area contributed by atoms with Crippen LogP contribution in [0.15, 0.2) is 40.7 Å². The largest absolute Gasteiger partial charge is 0.302 e. The third-order valence-electron chi connectivity index (χ3n) is 3.67. The van der Waals surface area contributed by atoms with E-state index in [2.05, 4.69) is 4.99 Å². The van der Waals surface area contributed by atoms with Crippen molar-refractivity contribution >= 4 is 22.8 Å². The summed E-state index contributed by atoms with van der Waals surface area (Å²) in [5, 5.41) is 44.4. The van der Waals surface area contributed by atoms with Gasteiger partial charge in [-0.1, -0.05) is 0 Å². The second-order valence-electron chi connectivity index (χ2n) is 5.04. The molecule has 3 rings (SSSR count). The van der Waals surface area contributed by atoms with Gasteiger partial charge in [0.2, 0.25) is 0 Å². The molecule has 1 aromatic carbocycles. The number of nitrogens with zero attached hydrogens (tertiary/aromatic N) is 5. The van der Waals surface area contributed by atoms with Gasteiger partial charge in [-0.3, -0.25) is 40.5 Å². The summed E-state index contributed by atoms with van der Waals surface area (Å²) in [6, 6.07) is 1.64. The van der Waals surface area contributed by atoms with Crippen LogP contribution in [0.25, 0.3) is 0 Å². The number of allylic oxidation sites excluding steroid dienone is 3. The molecule has 0 saturated carbocycles. The Labute approximate surface area is 136 Å². The quantitative estimate of drug-likeness (QED) is 0.584. The number of nitro benzene ring substituents is 2. The van der Waals surface area contributed by atoms with Crippen LogP contribution in [0.5, 0.6) is 0 Å². The van der Waals surface area contributed by atoms with Crippen molar-refractivity contribution in [3.05, 3.63) is 81.7 Å². The molecule has 1 heterocycles. The minimum Gasteiger partial charge on any atom is -0.259 e. The summed E-state index contributed by atoms with van der Waals surface area (Å²) >= 11 is 0. The summed E-state index contributed by atoms with van der Waals surface area (Å²) < 4.78 is 0. The lowest BCUT2D eigenvalue weighted by Gasteiger charge is -2.12.